The average Bonchev–Trinajstić information content (AvgIpc) is 2.63. The number of hydrogen-bond acceptors (Lipinski definition) is 3. The molecule has 4 nitrogen and oxygen atoms in total. The van der Waals surface area contributed by atoms with Crippen molar-refractivity contribution in [3.8, 4) is 0 Å². The summed E-state index contributed by atoms with van der Waals surface area (Å²) in [5, 5.41) is 7.96. The standard InChI is InChI=1S/C10H11ClN4/c1-15-7-9(5-14-15)13-4-8-2-3-12-6-10(8)11/h2-3,5-7,13H,4H2,1H3. The number of anilines is 1. The Balaban J connectivity index is 2.02. The van der Waals surface area contributed by atoms with Gasteiger partial charge in [-0.05, 0) is 11.6 Å². The summed E-state index contributed by atoms with van der Waals surface area (Å²) in [4.78, 5) is 3.93. The predicted molar refractivity (Wildman–Crippen MR) is 59.8 cm³/mol. The summed E-state index contributed by atoms with van der Waals surface area (Å²) >= 11 is 5.97. The van der Waals surface area contributed by atoms with Gasteiger partial charge in [0.25, 0.3) is 0 Å². The van der Waals surface area contributed by atoms with Crippen LogP contribution in [0.1, 0.15) is 5.56 Å². The number of hydrogen-bond donors (Lipinski definition) is 1. The Morgan fingerprint density at radius 2 is 2.33 bits per heavy atom. The van der Waals surface area contributed by atoms with E-state index in [1.807, 2.05) is 19.3 Å². The van der Waals surface area contributed by atoms with E-state index in [4.69, 9.17) is 11.6 Å². The fraction of sp³-hybridized carbons (Fsp3) is 0.200. The molecule has 2 rings (SSSR count). The number of aryl methyl sites for hydroxylation is 1. The molecule has 1 N–H and O–H groups in total. The topological polar surface area (TPSA) is 42.7 Å². The molecule has 0 saturated heterocycles. The van der Waals surface area contributed by atoms with E-state index in [-0.39, 0.29) is 0 Å². The minimum Gasteiger partial charge on any atom is -0.378 e. The van der Waals surface area contributed by atoms with Crippen LogP contribution < -0.4 is 5.32 Å². The molecule has 0 aromatic carbocycles. The smallest absolute Gasteiger partial charge is 0.0729 e. The molecule has 15 heavy (non-hydrogen) atoms. The van der Waals surface area contributed by atoms with Crippen molar-refractivity contribution in [2.45, 2.75) is 6.54 Å². The van der Waals surface area contributed by atoms with Crippen LogP contribution in [0, 0.1) is 0 Å². The Kier molecular flexibility index (Phi) is 2.87. The molecule has 0 fully saturated rings. The van der Waals surface area contributed by atoms with Gasteiger partial charge in [0.1, 0.15) is 0 Å². The molecule has 0 amide bonds. The van der Waals surface area contributed by atoms with E-state index < -0.39 is 0 Å². The van der Waals surface area contributed by atoms with Crippen molar-refractivity contribution in [3.63, 3.8) is 0 Å². The molecular weight excluding hydrogens is 212 g/mol. The minimum absolute atomic E-state index is 0.674. The van der Waals surface area contributed by atoms with Gasteiger partial charge < -0.3 is 5.32 Å². The van der Waals surface area contributed by atoms with Crippen LogP contribution in [-0.4, -0.2) is 14.8 Å². The third kappa shape index (κ3) is 2.47. The van der Waals surface area contributed by atoms with Gasteiger partial charge in [0.05, 0.1) is 16.9 Å². The first-order valence-corrected chi connectivity index (χ1v) is 4.94. The van der Waals surface area contributed by atoms with Crippen LogP contribution >= 0.6 is 11.6 Å². The van der Waals surface area contributed by atoms with Crippen LogP contribution in [0.25, 0.3) is 0 Å². The summed E-state index contributed by atoms with van der Waals surface area (Å²) < 4.78 is 1.75. The summed E-state index contributed by atoms with van der Waals surface area (Å²) in [5.74, 6) is 0. The van der Waals surface area contributed by atoms with Gasteiger partial charge in [0.2, 0.25) is 0 Å². The zero-order valence-electron chi connectivity index (χ0n) is 8.31. The lowest BCUT2D eigenvalue weighted by Crippen LogP contribution is -1.99. The number of nitrogens with zero attached hydrogens (tertiary/aromatic N) is 3. The Bertz CT molecular complexity index is 452. The fourth-order valence-electron chi connectivity index (χ4n) is 1.26. The van der Waals surface area contributed by atoms with Gasteiger partial charge in [-0.2, -0.15) is 5.10 Å². The maximum Gasteiger partial charge on any atom is 0.0729 e. The molecule has 0 aliphatic heterocycles. The first kappa shape index (κ1) is 9.98. The van der Waals surface area contributed by atoms with Crippen LogP contribution in [0.3, 0.4) is 0 Å². The van der Waals surface area contributed by atoms with Gasteiger partial charge in [-0.1, -0.05) is 11.6 Å². The van der Waals surface area contributed by atoms with Gasteiger partial charge >= 0.3 is 0 Å². The normalized spacial score (nSPS) is 10.3. The summed E-state index contributed by atoms with van der Waals surface area (Å²) in [6.45, 7) is 0.674. The first-order chi connectivity index (χ1) is 7.25. The van der Waals surface area contributed by atoms with E-state index in [0.29, 0.717) is 11.6 Å². The number of rotatable bonds is 3. The predicted octanol–water partition coefficient (Wildman–Crippen LogP) is 2.08. The van der Waals surface area contributed by atoms with Crippen LogP contribution in [0.15, 0.2) is 30.9 Å². The third-order valence-electron chi connectivity index (χ3n) is 2.04. The highest BCUT2D eigenvalue weighted by Crippen LogP contribution is 2.15. The Labute approximate surface area is 92.9 Å². The molecule has 0 unspecified atom stereocenters. The molecule has 2 aromatic rings. The van der Waals surface area contributed by atoms with Gasteiger partial charge in [-0.15, -0.1) is 0 Å². The Hall–Kier alpha value is -1.55. The highest BCUT2D eigenvalue weighted by molar-refractivity contribution is 6.31. The maximum absolute atomic E-state index is 5.97. The molecule has 0 spiro atoms. The number of aromatic nitrogens is 3. The maximum atomic E-state index is 5.97. The van der Waals surface area contributed by atoms with Crippen molar-refractivity contribution in [1.82, 2.24) is 14.8 Å². The second-order valence-electron chi connectivity index (χ2n) is 3.22. The van der Waals surface area contributed by atoms with E-state index in [0.717, 1.165) is 11.3 Å². The van der Waals surface area contributed by atoms with Crippen LogP contribution in [0.5, 0.6) is 0 Å². The highest BCUT2D eigenvalue weighted by Gasteiger charge is 2.00. The molecule has 0 radical (unpaired) electrons. The van der Waals surface area contributed by atoms with E-state index in [1.165, 1.54) is 0 Å². The van der Waals surface area contributed by atoms with Gasteiger partial charge in [0.15, 0.2) is 0 Å². The zero-order valence-corrected chi connectivity index (χ0v) is 9.07. The molecule has 0 atom stereocenters. The summed E-state index contributed by atoms with van der Waals surface area (Å²) in [5.41, 5.74) is 2.00. The van der Waals surface area contributed by atoms with Gasteiger partial charge in [-0.3, -0.25) is 9.67 Å². The van der Waals surface area contributed by atoms with E-state index in [9.17, 15) is 0 Å². The molecule has 0 bridgehead atoms. The van der Waals surface area contributed by atoms with Crippen LogP contribution in [0.2, 0.25) is 5.02 Å². The highest BCUT2D eigenvalue weighted by atomic mass is 35.5. The molecule has 78 valence electrons. The van der Waals surface area contributed by atoms with Crippen molar-refractivity contribution in [2.24, 2.45) is 7.05 Å². The number of halogens is 1. The van der Waals surface area contributed by atoms with Crippen LogP contribution in [0.4, 0.5) is 5.69 Å². The Morgan fingerprint density at radius 1 is 1.47 bits per heavy atom. The van der Waals surface area contributed by atoms with Crippen molar-refractivity contribution < 1.29 is 0 Å². The number of nitrogens with one attached hydrogen (secondary N) is 1. The molecule has 0 saturated carbocycles. The molecule has 2 heterocycles. The monoisotopic (exact) mass is 222 g/mol. The fourth-order valence-corrected chi connectivity index (χ4v) is 1.44. The van der Waals surface area contributed by atoms with E-state index in [1.54, 1.807) is 23.3 Å². The van der Waals surface area contributed by atoms with Crippen molar-refractivity contribution >= 4 is 17.3 Å². The molecule has 0 aliphatic rings. The zero-order chi connectivity index (χ0) is 10.7. The summed E-state index contributed by atoms with van der Waals surface area (Å²) in [6.07, 6.45) is 7.05. The van der Waals surface area contributed by atoms with Crippen molar-refractivity contribution in [1.29, 1.82) is 0 Å². The van der Waals surface area contributed by atoms with Gasteiger partial charge in [0, 0.05) is 32.2 Å². The summed E-state index contributed by atoms with van der Waals surface area (Å²) in [6, 6.07) is 1.89. The lowest BCUT2D eigenvalue weighted by Gasteiger charge is -2.04. The minimum atomic E-state index is 0.674. The quantitative estimate of drug-likeness (QED) is 0.865. The van der Waals surface area contributed by atoms with Gasteiger partial charge in [-0.25, -0.2) is 0 Å². The molecule has 5 heteroatoms. The SMILES string of the molecule is Cn1cc(NCc2ccncc2Cl)cn1. The lowest BCUT2D eigenvalue weighted by atomic mass is 10.2. The van der Waals surface area contributed by atoms with E-state index in [2.05, 4.69) is 15.4 Å². The molecule has 0 aliphatic carbocycles. The second kappa shape index (κ2) is 4.31. The van der Waals surface area contributed by atoms with Crippen LogP contribution in [-0.2, 0) is 13.6 Å². The van der Waals surface area contributed by atoms with Crippen molar-refractivity contribution in [3.05, 3.63) is 41.4 Å². The average molecular weight is 223 g/mol. The Morgan fingerprint density at radius 3 is 3.00 bits per heavy atom. The molecular formula is C10H11ClN4. The largest absolute Gasteiger partial charge is 0.378 e. The lowest BCUT2D eigenvalue weighted by molar-refractivity contribution is 0.768. The first-order valence-electron chi connectivity index (χ1n) is 4.56. The third-order valence-corrected chi connectivity index (χ3v) is 2.38. The number of pyridine rings is 1. The van der Waals surface area contributed by atoms with Crippen molar-refractivity contribution in [2.75, 3.05) is 5.32 Å². The molecule has 2 aromatic heterocycles. The van der Waals surface area contributed by atoms with E-state index >= 15 is 0 Å². The second-order valence-corrected chi connectivity index (χ2v) is 3.63. The summed E-state index contributed by atoms with van der Waals surface area (Å²) in [7, 11) is 1.88.